The van der Waals surface area contributed by atoms with E-state index in [0.717, 1.165) is 30.3 Å². The van der Waals surface area contributed by atoms with Crippen LogP contribution in [0.1, 0.15) is 11.1 Å². The van der Waals surface area contributed by atoms with E-state index in [-0.39, 0.29) is 12.4 Å². The van der Waals surface area contributed by atoms with Crippen LogP contribution in [-0.4, -0.2) is 13.2 Å². The van der Waals surface area contributed by atoms with E-state index in [2.05, 4.69) is 36.2 Å². The lowest BCUT2D eigenvalue weighted by Gasteiger charge is -2.07. The minimum absolute atomic E-state index is 0. The summed E-state index contributed by atoms with van der Waals surface area (Å²) >= 11 is 5.87. The first-order valence-electron chi connectivity index (χ1n) is 7.06. The quantitative estimate of drug-likeness (QED) is 0.558. The van der Waals surface area contributed by atoms with Crippen LogP contribution in [0.4, 0.5) is 0 Å². The molecule has 0 aliphatic carbocycles. The molecule has 118 valence electrons. The largest absolute Gasteiger partial charge is 0.490 e. The third kappa shape index (κ3) is 6.52. The molecule has 4 heteroatoms. The molecule has 0 saturated heterocycles. The van der Waals surface area contributed by atoms with Crippen LogP contribution in [0.5, 0.6) is 5.75 Å². The Bertz CT molecular complexity index is 552. The summed E-state index contributed by atoms with van der Waals surface area (Å²) in [4.78, 5) is 0. The first-order chi connectivity index (χ1) is 10.3. The van der Waals surface area contributed by atoms with Crippen LogP contribution in [-0.2, 0) is 13.0 Å². The molecule has 0 heterocycles. The molecule has 0 bridgehead atoms. The van der Waals surface area contributed by atoms with Crippen molar-refractivity contribution in [2.24, 2.45) is 0 Å². The number of rotatable bonds is 8. The molecule has 0 saturated carbocycles. The molecule has 0 aliphatic rings. The van der Waals surface area contributed by atoms with Gasteiger partial charge in [-0.05, 0) is 48.4 Å². The summed E-state index contributed by atoms with van der Waals surface area (Å²) in [7, 11) is 0. The van der Waals surface area contributed by atoms with Gasteiger partial charge in [0.15, 0.2) is 0 Å². The van der Waals surface area contributed by atoms with E-state index in [4.69, 9.17) is 16.3 Å². The third-order valence-electron chi connectivity index (χ3n) is 3.12. The third-order valence-corrected chi connectivity index (χ3v) is 3.38. The highest BCUT2D eigenvalue weighted by atomic mass is 35.5. The van der Waals surface area contributed by atoms with Crippen LogP contribution in [0.3, 0.4) is 0 Å². The normalized spacial score (nSPS) is 9.86. The van der Waals surface area contributed by atoms with Crippen LogP contribution < -0.4 is 10.1 Å². The van der Waals surface area contributed by atoms with E-state index in [1.54, 1.807) is 6.08 Å². The van der Waals surface area contributed by atoms with E-state index < -0.39 is 0 Å². The first kappa shape index (κ1) is 18.6. The number of ether oxygens (including phenoxy) is 1. The number of benzene rings is 2. The molecule has 2 aromatic carbocycles. The lowest BCUT2D eigenvalue weighted by atomic mass is 10.1. The Morgan fingerprint density at radius 1 is 1.00 bits per heavy atom. The Hall–Kier alpha value is -1.48. The summed E-state index contributed by atoms with van der Waals surface area (Å²) in [6.07, 6.45) is 2.74. The highest BCUT2D eigenvalue weighted by Crippen LogP contribution is 2.12. The zero-order chi connectivity index (χ0) is 14.9. The average Bonchev–Trinajstić information content (AvgIpc) is 2.52. The molecular formula is C18H21Cl2NO. The maximum absolute atomic E-state index is 5.87. The van der Waals surface area contributed by atoms with Gasteiger partial charge < -0.3 is 10.1 Å². The Kier molecular flexibility index (Phi) is 8.68. The summed E-state index contributed by atoms with van der Waals surface area (Å²) in [6.45, 7) is 5.97. The SMILES string of the molecule is C=CCOc1ccc(CNCCc2ccc(Cl)cc2)cc1.Cl. The second-order valence-electron chi connectivity index (χ2n) is 4.80. The number of nitrogens with one attached hydrogen (secondary N) is 1. The molecule has 0 unspecified atom stereocenters. The minimum Gasteiger partial charge on any atom is -0.490 e. The standard InChI is InChI=1S/C18H20ClNO.ClH/c1-2-13-21-18-9-5-16(6-10-18)14-20-12-11-15-3-7-17(19)8-4-15;/h2-10,20H,1,11-14H2;1H. The summed E-state index contributed by atoms with van der Waals surface area (Å²) in [5.41, 5.74) is 2.54. The lowest BCUT2D eigenvalue weighted by molar-refractivity contribution is 0.363. The smallest absolute Gasteiger partial charge is 0.119 e. The summed E-state index contributed by atoms with van der Waals surface area (Å²) in [5, 5.41) is 4.22. The Balaban J connectivity index is 0.00000242. The molecule has 22 heavy (non-hydrogen) atoms. The second-order valence-corrected chi connectivity index (χ2v) is 5.23. The van der Waals surface area contributed by atoms with Gasteiger partial charge in [-0.1, -0.05) is 48.5 Å². The van der Waals surface area contributed by atoms with Crippen molar-refractivity contribution >= 4 is 24.0 Å². The van der Waals surface area contributed by atoms with Crippen molar-refractivity contribution in [3.63, 3.8) is 0 Å². The zero-order valence-corrected chi connectivity index (χ0v) is 14.0. The second kappa shape index (κ2) is 10.3. The topological polar surface area (TPSA) is 21.3 Å². The Labute approximate surface area is 143 Å². The molecular weight excluding hydrogens is 317 g/mol. The fourth-order valence-electron chi connectivity index (χ4n) is 1.98. The summed E-state index contributed by atoms with van der Waals surface area (Å²) in [5.74, 6) is 0.875. The highest BCUT2D eigenvalue weighted by molar-refractivity contribution is 6.30. The van der Waals surface area contributed by atoms with Gasteiger partial charge in [-0.25, -0.2) is 0 Å². The van der Waals surface area contributed by atoms with Gasteiger partial charge in [-0.3, -0.25) is 0 Å². The lowest BCUT2D eigenvalue weighted by Crippen LogP contribution is -2.16. The van der Waals surface area contributed by atoms with E-state index in [9.17, 15) is 0 Å². The van der Waals surface area contributed by atoms with Crippen molar-refractivity contribution in [3.05, 3.63) is 77.3 Å². The fourth-order valence-corrected chi connectivity index (χ4v) is 2.10. The van der Waals surface area contributed by atoms with Gasteiger partial charge in [-0.2, -0.15) is 0 Å². The van der Waals surface area contributed by atoms with Crippen LogP contribution in [0.2, 0.25) is 5.02 Å². The van der Waals surface area contributed by atoms with Crippen LogP contribution in [0, 0.1) is 0 Å². The number of hydrogen-bond donors (Lipinski definition) is 1. The van der Waals surface area contributed by atoms with Crippen LogP contribution in [0.25, 0.3) is 0 Å². The van der Waals surface area contributed by atoms with E-state index in [0.29, 0.717) is 6.61 Å². The predicted molar refractivity (Wildman–Crippen MR) is 96.2 cm³/mol. The van der Waals surface area contributed by atoms with Gasteiger partial charge in [0.2, 0.25) is 0 Å². The molecule has 2 aromatic rings. The Morgan fingerprint density at radius 2 is 1.64 bits per heavy atom. The molecule has 0 radical (unpaired) electrons. The van der Waals surface area contributed by atoms with Gasteiger partial charge in [0.1, 0.15) is 12.4 Å². The first-order valence-corrected chi connectivity index (χ1v) is 7.43. The van der Waals surface area contributed by atoms with Crippen molar-refractivity contribution in [2.45, 2.75) is 13.0 Å². The fraction of sp³-hybridized carbons (Fsp3) is 0.222. The van der Waals surface area contributed by atoms with E-state index in [1.807, 2.05) is 24.3 Å². The number of halogens is 2. The van der Waals surface area contributed by atoms with Gasteiger partial charge in [-0.15, -0.1) is 12.4 Å². The monoisotopic (exact) mass is 337 g/mol. The molecule has 2 nitrogen and oxygen atoms in total. The maximum Gasteiger partial charge on any atom is 0.119 e. The molecule has 0 aliphatic heterocycles. The molecule has 1 N–H and O–H groups in total. The predicted octanol–water partition coefficient (Wildman–Crippen LogP) is 4.66. The Morgan fingerprint density at radius 3 is 2.27 bits per heavy atom. The number of hydrogen-bond acceptors (Lipinski definition) is 2. The summed E-state index contributed by atoms with van der Waals surface area (Å²) in [6, 6.07) is 16.1. The summed E-state index contributed by atoms with van der Waals surface area (Å²) < 4.78 is 5.45. The van der Waals surface area contributed by atoms with Crippen molar-refractivity contribution in [3.8, 4) is 5.75 Å². The van der Waals surface area contributed by atoms with Gasteiger partial charge >= 0.3 is 0 Å². The van der Waals surface area contributed by atoms with E-state index in [1.165, 1.54) is 11.1 Å². The van der Waals surface area contributed by atoms with Gasteiger partial charge in [0, 0.05) is 11.6 Å². The van der Waals surface area contributed by atoms with Crippen molar-refractivity contribution in [2.75, 3.05) is 13.2 Å². The molecule has 0 spiro atoms. The van der Waals surface area contributed by atoms with Crippen LogP contribution >= 0.6 is 24.0 Å². The van der Waals surface area contributed by atoms with E-state index >= 15 is 0 Å². The molecule has 0 aromatic heterocycles. The van der Waals surface area contributed by atoms with Crippen molar-refractivity contribution in [1.29, 1.82) is 0 Å². The molecule has 0 amide bonds. The van der Waals surface area contributed by atoms with Crippen molar-refractivity contribution in [1.82, 2.24) is 5.32 Å². The molecule has 2 rings (SSSR count). The van der Waals surface area contributed by atoms with Gasteiger partial charge in [0.25, 0.3) is 0 Å². The minimum atomic E-state index is 0. The zero-order valence-electron chi connectivity index (χ0n) is 12.4. The highest BCUT2D eigenvalue weighted by Gasteiger charge is 1.96. The van der Waals surface area contributed by atoms with Gasteiger partial charge in [0.05, 0.1) is 0 Å². The van der Waals surface area contributed by atoms with Crippen LogP contribution in [0.15, 0.2) is 61.2 Å². The maximum atomic E-state index is 5.87. The molecule has 0 fully saturated rings. The van der Waals surface area contributed by atoms with Crippen molar-refractivity contribution < 1.29 is 4.74 Å². The molecule has 0 atom stereocenters. The average molecular weight is 338 g/mol.